The summed E-state index contributed by atoms with van der Waals surface area (Å²) in [6.07, 6.45) is 3.02. The number of hydrogen-bond acceptors (Lipinski definition) is 3. The van der Waals surface area contributed by atoms with Crippen LogP contribution in [-0.2, 0) is 4.79 Å². The van der Waals surface area contributed by atoms with Crippen molar-refractivity contribution in [2.75, 3.05) is 39.3 Å². The van der Waals surface area contributed by atoms with Crippen molar-refractivity contribution in [2.45, 2.75) is 33.1 Å². The lowest BCUT2D eigenvalue weighted by Crippen LogP contribution is -2.39. The number of aryl methyl sites for hydroxylation is 1. The van der Waals surface area contributed by atoms with Gasteiger partial charge in [-0.3, -0.25) is 4.79 Å². The maximum atomic E-state index is 12.1. The number of rotatable bonds is 8. The van der Waals surface area contributed by atoms with Crippen LogP contribution in [0.15, 0.2) is 23.2 Å². The van der Waals surface area contributed by atoms with Gasteiger partial charge in [-0.2, -0.15) is 0 Å². The van der Waals surface area contributed by atoms with E-state index in [9.17, 15) is 4.79 Å². The van der Waals surface area contributed by atoms with Gasteiger partial charge in [-0.15, -0.1) is 24.0 Å². The fraction of sp³-hybridized carbons (Fsp3) is 0.579. The van der Waals surface area contributed by atoms with Crippen molar-refractivity contribution in [3.8, 4) is 5.75 Å². The minimum absolute atomic E-state index is 0. The van der Waals surface area contributed by atoms with Crippen molar-refractivity contribution in [3.63, 3.8) is 0 Å². The number of aliphatic imine (C=N–C) groups is 1. The average Bonchev–Trinajstić information content (AvgIpc) is 3.15. The van der Waals surface area contributed by atoms with Crippen LogP contribution in [0.4, 0.5) is 0 Å². The third-order valence-corrected chi connectivity index (χ3v) is 4.42. The van der Waals surface area contributed by atoms with Gasteiger partial charge >= 0.3 is 0 Å². The number of amides is 1. The first-order valence-electron chi connectivity index (χ1n) is 9.29. The molecule has 2 rings (SSSR count). The molecule has 1 heterocycles. The summed E-state index contributed by atoms with van der Waals surface area (Å²) in [7, 11) is 0. The molecule has 0 bridgehead atoms. The summed E-state index contributed by atoms with van der Waals surface area (Å²) in [5.41, 5.74) is 1.03. The molecule has 152 valence electrons. The molecule has 1 aromatic carbocycles. The lowest BCUT2D eigenvalue weighted by molar-refractivity contribution is -0.128. The number of carbonyl (C=O) groups excluding carboxylic acids is 1. The molecule has 0 saturated carbocycles. The molecule has 1 amide bonds. The number of benzene rings is 1. The number of ether oxygens (including phenoxy) is 1. The van der Waals surface area contributed by atoms with Crippen LogP contribution >= 0.6 is 35.6 Å². The predicted molar refractivity (Wildman–Crippen MR) is 122 cm³/mol. The lowest BCUT2D eigenvalue weighted by atomic mass is 10.2. The Morgan fingerprint density at radius 3 is 2.70 bits per heavy atom. The van der Waals surface area contributed by atoms with Gasteiger partial charge in [0.15, 0.2) is 5.96 Å². The lowest BCUT2D eigenvalue weighted by Gasteiger charge is -2.15. The van der Waals surface area contributed by atoms with E-state index in [-0.39, 0.29) is 36.4 Å². The third-order valence-electron chi connectivity index (χ3n) is 4.18. The summed E-state index contributed by atoms with van der Waals surface area (Å²) in [6, 6.07) is 5.61. The maximum Gasteiger partial charge on any atom is 0.244 e. The van der Waals surface area contributed by atoms with Gasteiger partial charge in [0, 0.05) is 31.2 Å². The molecule has 1 aliphatic rings. The molecule has 1 aliphatic heterocycles. The Kier molecular flexibility index (Phi) is 11.5. The normalized spacial score (nSPS) is 13.9. The monoisotopic (exact) mass is 508 g/mol. The molecular weight excluding hydrogens is 479 g/mol. The van der Waals surface area contributed by atoms with Gasteiger partial charge < -0.3 is 20.3 Å². The van der Waals surface area contributed by atoms with Crippen molar-refractivity contribution in [1.29, 1.82) is 0 Å². The Bertz CT molecular complexity index is 622. The van der Waals surface area contributed by atoms with Crippen LogP contribution in [-0.4, -0.2) is 56.1 Å². The van der Waals surface area contributed by atoms with E-state index in [4.69, 9.17) is 16.3 Å². The van der Waals surface area contributed by atoms with Crippen molar-refractivity contribution in [3.05, 3.63) is 28.8 Å². The second kappa shape index (κ2) is 13.0. The van der Waals surface area contributed by atoms with E-state index in [1.54, 1.807) is 0 Å². The molecule has 8 heteroatoms. The van der Waals surface area contributed by atoms with Gasteiger partial charge in [-0.25, -0.2) is 4.99 Å². The van der Waals surface area contributed by atoms with E-state index in [0.29, 0.717) is 17.6 Å². The van der Waals surface area contributed by atoms with Crippen molar-refractivity contribution in [1.82, 2.24) is 15.5 Å². The van der Waals surface area contributed by atoms with Crippen molar-refractivity contribution >= 4 is 47.4 Å². The molecule has 0 aromatic heterocycles. The van der Waals surface area contributed by atoms with Gasteiger partial charge in [0.05, 0.1) is 6.61 Å². The van der Waals surface area contributed by atoms with E-state index >= 15 is 0 Å². The molecule has 0 spiro atoms. The highest BCUT2D eigenvalue weighted by atomic mass is 127. The highest BCUT2D eigenvalue weighted by Crippen LogP contribution is 2.21. The number of hydrogen-bond donors (Lipinski definition) is 2. The highest BCUT2D eigenvalue weighted by molar-refractivity contribution is 14.0. The van der Waals surface area contributed by atoms with Crippen LogP contribution in [0.3, 0.4) is 0 Å². The number of guanidine groups is 1. The van der Waals surface area contributed by atoms with E-state index in [0.717, 1.165) is 56.8 Å². The highest BCUT2D eigenvalue weighted by Gasteiger charge is 2.17. The van der Waals surface area contributed by atoms with Crippen LogP contribution in [0.5, 0.6) is 5.75 Å². The van der Waals surface area contributed by atoms with Gasteiger partial charge in [0.2, 0.25) is 5.91 Å². The first-order chi connectivity index (χ1) is 12.6. The molecule has 2 N–H and O–H groups in total. The van der Waals surface area contributed by atoms with Crippen molar-refractivity contribution in [2.24, 2.45) is 4.99 Å². The molecule has 0 unspecified atom stereocenters. The minimum Gasteiger partial charge on any atom is -0.493 e. The Hall–Kier alpha value is -1.22. The predicted octanol–water partition coefficient (Wildman–Crippen LogP) is 3.21. The first-order valence-corrected chi connectivity index (χ1v) is 9.67. The smallest absolute Gasteiger partial charge is 0.244 e. The summed E-state index contributed by atoms with van der Waals surface area (Å²) in [4.78, 5) is 18.3. The van der Waals surface area contributed by atoms with Crippen LogP contribution in [0, 0.1) is 6.92 Å². The zero-order chi connectivity index (χ0) is 18.8. The number of carbonyl (C=O) groups is 1. The second-order valence-electron chi connectivity index (χ2n) is 6.32. The molecule has 0 aliphatic carbocycles. The molecule has 27 heavy (non-hydrogen) atoms. The average molecular weight is 509 g/mol. The quantitative estimate of drug-likeness (QED) is 0.245. The molecule has 0 radical (unpaired) electrons. The Labute approximate surface area is 184 Å². The van der Waals surface area contributed by atoms with Gasteiger partial charge in [-0.1, -0.05) is 11.6 Å². The first kappa shape index (κ1) is 23.8. The summed E-state index contributed by atoms with van der Waals surface area (Å²) in [5.74, 6) is 1.62. The molecule has 1 aromatic rings. The fourth-order valence-corrected chi connectivity index (χ4v) is 3.02. The van der Waals surface area contributed by atoms with Crippen LogP contribution < -0.4 is 15.4 Å². The third kappa shape index (κ3) is 8.55. The SMILES string of the molecule is CCNC(=NCC(=O)N1CCCC1)NCCCOc1ccc(Cl)cc1C.I. The van der Waals surface area contributed by atoms with Gasteiger partial charge in [0.1, 0.15) is 12.3 Å². The zero-order valence-electron chi connectivity index (χ0n) is 16.1. The number of nitrogens with one attached hydrogen (secondary N) is 2. The Balaban J connectivity index is 0.00000364. The van der Waals surface area contributed by atoms with E-state index in [1.165, 1.54) is 0 Å². The van der Waals surface area contributed by atoms with Crippen LogP contribution in [0.2, 0.25) is 5.02 Å². The number of halogens is 2. The summed E-state index contributed by atoms with van der Waals surface area (Å²) in [6.45, 7) is 7.97. The molecule has 1 fully saturated rings. The van der Waals surface area contributed by atoms with Crippen LogP contribution in [0.25, 0.3) is 0 Å². The molecule has 1 saturated heterocycles. The van der Waals surface area contributed by atoms with Crippen molar-refractivity contribution < 1.29 is 9.53 Å². The van der Waals surface area contributed by atoms with Gasteiger partial charge in [-0.05, 0) is 56.9 Å². The number of likely N-dealkylation sites (tertiary alicyclic amines) is 1. The Morgan fingerprint density at radius 1 is 1.30 bits per heavy atom. The van der Waals surface area contributed by atoms with Crippen LogP contribution in [0.1, 0.15) is 31.7 Å². The van der Waals surface area contributed by atoms with E-state index < -0.39 is 0 Å². The second-order valence-corrected chi connectivity index (χ2v) is 6.76. The summed E-state index contributed by atoms with van der Waals surface area (Å²) in [5, 5.41) is 7.12. The Morgan fingerprint density at radius 2 is 2.04 bits per heavy atom. The topological polar surface area (TPSA) is 66.0 Å². The fourth-order valence-electron chi connectivity index (χ4n) is 2.79. The van der Waals surface area contributed by atoms with E-state index in [1.807, 2.05) is 36.9 Å². The number of nitrogens with zero attached hydrogens (tertiary/aromatic N) is 2. The molecule has 6 nitrogen and oxygen atoms in total. The van der Waals surface area contributed by atoms with E-state index in [2.05, 4.69) is 15.6 Å². The minimum atomic E-state index is 0. The largest absolute Gasteiger partial charge is 0.493 e. The zero-order valence-corrected chi connectivity index (χ0v) is 19.2. The molecule has 0 atom stereocenters. The summed E-state index contributed by atoms with van der Waals surface area (Å²) >= 11 is 5.95. The standard InChI is InChI=1S/C19H29ClN4O2.HI/c1-3-21-19(23-14-18(25)24-10-4-5-11-24)22-9-6-12-26-17-8-7-16(20)13-15(17)2;/h7-8,13H,3-6,9-12,14H2,1-2H3,(H2,21,22,23);1H. The van der Waals surface area contributed by atoms with Gasteiger partial charge in [0.25, 0.3) is 0 Å². The summed E-state index contributed by atoms with van der Waals surface area (Å²) < 4.78 is 5.78. The molecular formula is C19H30ClIN4O2. The maximum absolute atomic E-state index is 12.1.